The van der Waals surface area contributed by atoms with Crippen LogP contribution < -0.4 is 15.0 Å². The molecule has 94 valence electrons. The van der Waals surface area contributed by atoms with Crippen molar-refractivity contribution < 1.29 is 4.74 Å². The second kappa shape index (κ2) is 5.87. The molecule has 0 unspecified atom stereocenters. The van der Waals surface area contributed by atoms with Crippen LogP contribution >= 0.6 is 0 Å². The van der Waals surface area contributed by atoms with Crippen LogP contribution in [0.5, 0.6) is 5.75 Å². The molecular weight excluding hydrogens is 214 g/mol. The van der Waals surface area contributed by atoms with Gasteiger partial charge in [0.2, 0.25) is 0 Å². The lowest BCUT2D eigenvalue weighted by molar-refractivity contribution is 0.381. The van der Waals surface area contributed by atoms with Crippen molar-refractivity contribution in [2.24, 2.45) is 5.92 Å². The summed E-state index contributed by atoms with van der Waals surface area (Å²) in [5, 5.41) is 3.26. The fraction of sp³-hybridized carbons (Fsp3) is 0.615. The van der Waals surface area contributed by atoms with Gasteiger partial charge in [0.1, 0.15) is 0 Å². The monoisotopic (exact) mass is 235 g/mol. The molecule has 0 aromatic carbocycles. The highest BCUT2D eigenvalue weighted by atomic mass is 16.5. The maximum atomic E-state index is 5.36. The zero-order chi connectivity index (χ0) is 12.1. The first kappa shape index (κ1) is 12.2. The van der Waals surface area contributed by atoms with Crippen LogP contribution in [0, 0.1) is 5.92 Å². The number of rotatable bonds is 4. The van der Waals surface area contributed by atoms with Gasteiger partial charge >= 0.3 is 0 Å². The lowest BCUT2D eigenvalue weighted by atomic mass is 9.97. The second-order valence-corrected chi connectivity index (χ2v) is 4.52. The number of anilines is 1. The van der Waals surface area contributed by atoms with Crippen molar-refractivity contribution in [3.63, 3.8) is 0 Å². The summed E-state index contributed by atoms with van der Waals surface area (Å²) in [4.78, 5) is 6.75. The summed E-state index contributed by atoms with van der Waals surface area (Å²) in [6, 6.07) is 3.89. The van der Waals surface area contributed by atoms with Crippen LogP contribution in [0.2, 0.25) is 0 Å². The average molecular weight is 235 g/mol. The third-order valence-corrected chi connectivity index (χ3v) is 3.38. The number of hydrogen-bond acceptors (Lipinski definition) is 4. The number of nitrogens with one attached hydrogen (secondary N) is 1. The van der Waals surface area contributed by atoms with Gasteiger partial charge in [-0.05, 0) is 44.5 Å². The van der Waals surface area contributed by atoms with Crippen molar-refractivity contribution in [3.05, 3.63) is 18.3 Å². The Bertz CT molecular complexity index is 348. The number of nitrogens with zero attached hydrogens (tertiary/aromatic N) is 2. The van der Waals surface area contributed by atoms with Crippen molar-refractivity contribution >= 4 is 5.82 Å². The summed E-state index contributed by atoms with van der Waals surface area (Å²) in [6.07, 6.45) is 4.28. The normalized spacial score (nSPS) is 17.2. The molecule has 0 bridgehead atoms. The molecule has 4 heteroatoms. The second-order valence-electron chi connectivity index (χ2n) is 4.52. The Morgan fingerprint density at radius 1 is 1.47 bits per heavy atom. The van der Waals surface area contributed by atoms with Gasteiger partial charge < -0.3 is 15.0 Å². The van der Waals surface area contributed by atoms with E-state index in [9.17, 15) is 0 Å². The first-order valence-electron chi connectivity index (χ1n) is 6.23. The highest BCUT2D eigenvalue weighted by Gasteiger charge is 2.21. The molecule has 2 rings (SSSR count). The fourth-order valence-electron chi connectivity index (χ4n) is 2.42. The lowest BCUT2D eigenvalue weighted by Gasteiger charge is -2.33. The van der Waals surface area contributed by atoms with Crippen molar-refractivity contribution in [2.75, 3.05) is 38.7 Å². The maximum Gasteiger partial charge on any atom is 0.171 e. The zero-order valence-electron chi connectivity index (χ0n) is 10.6. The summed E-state index contributed by atoms with van der Waals surface area (Å²) in [7, 11) is 3.72. The Kier molecular flexibility index (Phi) is 4.20. The third-order valence-electron chi connectivity index (χ3n) is 3.38. The molecule has 1 aliphatic rings. The van der Waals surface area contributed by atoms with E-state index < -0.39 is 0 Å². The molecule has 0 spiro atoms. The van der Waals surface area contributed by atoms with Crippen molar-refractivity contribution in [1.29, 1.82) is 0 Å². The van der Waals surface area contributed by atoms with Crippen LogP contribution in [0.25, 0.3) is 0 Å². The van der Waals surface area contributed by atoms with Crippen molar-refractivity contribution in [3.8, 4) is 5.75 Å². The molecule has 1 aliphatic heterocycles. The summed E-state index contributed by atoms with van der Waals surface area (Å²) in [5.74, 6) is 2.66. The minimum atomic E-state index is 0.797. The molecule has 2 heterocycles. The molecule has 1 saturated heterocycles. The molecule has 0 atom stereocenters. The van der Waals surface area contributed by atoms with Gasteiger partial charge in [0.05, 0.1) is 7.11 Å². The number of piperidine rings is 1. The van der Waals surface area contributed by atoms with Gasteiger partial charge in [-0.3, -0.25) is 0 Å². The van der Waals surface area contributed by atoms with Crippen molar-refractivity contribution in [1.82, 2.24) is 10.3 Å². The van der Waals surface area contributed by atoms with E-state index in [1.807, 2.05) is 25.4 Å². The van der Waals surface area contributed by atoms with Gasteiger partial charge in [-0.15, -0.1) is 0 Å². The van der Waals surface area contributed by atoms with Crippen LogP contribution in [0.4, 0.5) is 5.82 Å². The molecule has 0 saturated carbocycles. The van der Waals surface area contributed by atoms with Gasteiger partial charge in [-0.1, -0.05) is 0 Å². The van der Waals surface area contributed by atoms with E-state index in [2.05, 4.69) is 15.2 Å². The summed E-state index contributed by atoms with van der Waals surface area (Å²) < 4.78 is 5.36. The van der Waals surface area contributed by atoms with E-state index in [0.29, 0.717) is 0 Å². The molecule has 0 radical (unpaired) electrons. The van der Waals surface area contributed by atoms with E-state index >= 15 is 0 Å². The van der Waals surface area contributed by atoms with E-state index in [4.69, 9.17) is 4.74 Å². The SMILES string of the molecule is CNCC1CCN(c2ncccc2OC)CC1. The maximum absolute atomic E-state index is 5.36. The molecule has 17 heavy (non-hydrogen) atoms. The van der Waals surface area contributed by atoms with Gasteiger partial charge in [0.15, 0.2) is 11.6 Å². The number of aromatic nitrogens is 1. The summed E-state index contributed by atoms with van der Waals surface area (Å²) in [5.41, 5.74) is 0. The van der Waals surface area contributed by atoms with Crippen LogP contribution in [-0.2, 0) is 0 Å². The standard InChI is InChI=1S/C13H21N3O/c1-14-10-11-5-8-16(9-6-11)13-12(17-2)4-3-7-15-13/h3-4,7,11,14H,5-6,8-10H2,1-2H3. The number of methoxy groups -OCH3 is 1. The predicted molar refractivity (Wildman–Crippen MR) is 69.7 cm³/mol. The Morgan fingerprint density at radius 3 is 2.88 bits per heavy atom. The highest BCUT2D eigenvalue weighted by Crippen LogP contribution is 2.28. The largest absolute Gasteiger partial charge is 0.493 e. The summed E-state index contributed by atoms with van der Waals surface area (Å²) >= 11 is 0. The summed E-state index contributed by atoms with van der Waals surface area (Å²) in [6.45, 7) is 3.26. The van der Waals surface area contributed by atoms with Gasteiger partial charge in [-0.25, -0.2) is 4.98 Å². The highest BCUT2D eigenvalue weighted by molar-refractivity contribution is 5.52. The quantitative estimate of drug-likeness (QED) is 0.858. The molecule has 1 aromatic heterocycles. The van der Waals surface area contributed by atoms with Gasteiger partial charge in [0, 0.05) is 19.3 Å². The molecular formula is C13H21N3O. The molecule has 0 amide bonds. The van der Waals surface area contributed by atoms with E-state index in [1.54, 1.807) is 7.11 Å². The number of pyridine rings is 1. The Morgan fingerprint density at radius 2 is 2.24 bits per heavy atom. The molecule has 1 aromatic rings. The van der Waals surface area contributed by atoms with Crippen LogP contribution in [0.3, 0.4) is 0 Å². The molecule has 1 fully saturated rings. The van der Waals surface area contributed by atoms with Gasteiger partial charge in [-0.2, -0.15) is 0 Å². The number of ether oxygens (including phenoxy) is 1. The third kappa shape index (κ3) is 2.88. The molecule has 0 aliphatic carbocycles. The lowest BCUT2D eigenvalue weighted by Crippen LogP contribution is -2.37. The average Bonchev–Trinajstić information content (AvgIpc) is 2.40. The minimum Gasteiger partial charge on any atom is -0.493 e. The van der Waals surface area contributed by atoms with E-state index in [1.165, 1.54) is 12.8 Å². The van der Waals surface area contributed by atoms with E-state index in [-0.39, 0.29) is 0 Å². The zero-order valence-corrected chi connectivity index (χ0v) is 10.6. The Labute approximate surface area is 103 Å². The fourth-order valence-corrected chi connectivity index (χ4v) is 2.42. The first-order chi connectivity index (χ1) is 8.35. The van der Waals surface area contributed by atoms with Crippen LogP contribution in [-0.4, -0.2) is 38.8 Å². The van der Waals surface area contributed by atoms with Crippen LogP contribution in [0.15, 0.2) is 18.3 Å². The number of hydrogen-bond donors (Lipinski definition) is 1. The van der Waals surface area contributed by atoms with Gasteiger partial charge in [0.25, 0.3) is 0 Å². The molecule has 4 nitrogen and oxygen atoms in total. The van der Waals surface area contributed by atoms with Crippen molar-refractivity contribution in [2.45, 2.75) is 12.8 Å². The predicted octanol–water partition coefficient (Wildman–Crippen LogP) is 1.53. The van der Waals surface area contributed by atoms with Crippen LogP contribution in [0.1, 0.15) is 12.8 Å². The van der Waals surface area contributed by atoms with E-state index in [0.717, 1.165) is 37.1 Å². The minimum absolute atomic E-state index is 0.797. The Balaban J connectivity index is 2.00. The topological polar surface area (TPSA) is 37.4 Å². The Hall–Kier alpha value is -1.29. The smallest absolute Gasteiger partial charge is 0.171 e. The first-order valence-corrected chi connectivity index (χ1v) is 6.23. The molecule has 1 N–H and O–H groups in total.